The maximum absolute atomic E-state index is 13.3. The number of nitrogens with one attached hydrogen (secondary N) is 1. The lowest BCUT2D eigenvalue weighted by Gasteiger charge is -2.50. The maximum Gasteiger partial charge on any atom is 0.280 e. The van der Waals surface area contributed by atoms with Gasteiger partial charge >= 0.3 is 0 Å². The van der Waals surface area contributed by atoms with Crippen LogP contribution in [0.5, 0.6) is 0 Å². The number of benzene rings is 3. The van der Waals surface area contributed by atoms with Gasteiger partial charge < -0.3 is 14.9 Å². The van der Waals surface area contributed by atoms with Crippen molar-refractivity contribution in [3.05, 3.63) is 124 Å². The van der Waals surface area contributed by atoms with Gasteiger partial charge in [0.25, 0.3) is 11.5 Å². The van der Waals surface area contributed by atoms with E-state index in [0.29, 0.717) is 0 Å². The molecule has 42 heavy (non-hydrogen) atoms. The van der Waals surface area contributed by atoms with Crippen LogP contribution in [-0.2, 0) is 25.6 Å². The van der Waals surface area contributed by atoms with E-state index < -0.39 is 35.5 Å². The molecule has 3 heterocycles. The SMILES string of the molecule is CON(OC)c1nc2c(ncn2[C@@]2(C(c3ccccc3)(c3ccccc3)c3ccccc3)C[C@H](O)[C@@H](CO)O2)c(=O)[nH]1. The monoisotopic (exact) mass is 569 g/mol. The first-order chi connectivity index (χ1) is 20.5. The molecule has 3 aromatic carbocycles. The number of nitrogens with zero attached hydrogens (tertiary/aromatic N) is 4. The zero-order valence-corrected chi connectivity index (χ0v) is 23.1. The van der Waals surface area contributed by atoms with Crippen LogP contribution in [0.15, 0.2) is 102 Å². The maximum atomic E-state index is 13.3. The van der Waals surface area contributed by atoms with Crippen molar-refractivity contribution >= 4 is 17.1 Å². The van der Waals surface area contributed by atoms with Crippen molar-refractivity contribution in [2.75, 3.05) is 26.1 Å². The fourth-order valence-corrected chi connectivity index (χ4v) is 6.27. The zero-order chi connectivity index (χ0) is 29.3. The number of aliphatic hydroxyl groups excluding tert-OH is 2. The summed E-state index contributed by atoms with van der Waals surface area (Å²) in [5, 5.41) is 22.7. The lowest BCUT2D eigenvalue weighted by atomic mass is 9.61. The van der Waals surface area contributed by atoms with Crippen molar-refractivity contribution in [3.8, 4) is 0 Å². The van der Waals surface area contributed by atoms with E-state index >= 15 is 0 Å². The van der Waals surface area contributed by atoms with Crippen LogP contribution >= 0.6 is 0 Å². The summed E-state index contributed by atoms with van der Waals surface area (Å²) in [6, 6.07) is 29.5. The lowest BCUT2D eigenvalue weighted by molar-refractivity contribution is -0.143. The fourth-order valence-electron chi connectivity index (χ4n) is 6.27. The smallest absolute Gasteiger partial charge is 0.280 e. The van der Waals surface area contributed by atoms with Crippen molar-refractivity contribution < 1.29 is 24.6 Å². The van der Waals surface area contributed by atoms with Crippen molar-refractivity contribution in [2.24, 2.45) is 0 Å². The molecule has 1 aliphatic heterocycles. The highest BCUT2D eigenvalue weighted by molar-refractivity contribution is 5.72. The molecule has 0 spiro atoms. The number of ether oxygens (including phenoxy) is 1. The molecule has 2 aromatic heterocycles. The van der Waals surface area contributed by atoms with E-state index in [2.05, 4.69) is 9.97 Å². The Morgan fingerprint density at radius 2 is 1.50 bits per heavy atom. The molecule has 0 aliphatic carbocycles. The van der Waals surface area contributed by atoms with Crippen molar-refractivity contribution in [1.82, 2.24) is 19.5 Å². The normalized spacial score (nSPS) is 20.7. The highest BCUT2D eigenvalue weighted by Gasteiger charge is 2.63. The van der Waals surface area contributed by atoms with E-state index in [1.807, 2.05) is 91.0 Å². The summed E-state index contributed by atoms with van der Waals surface area (Å²) in [6.07, 6.45) is -0.464. The molecule has 1 saturated heterocycles. The van der Waals surface area contributed by atoms with Gasteiger partial charge in [0.05, 0.1) is 38.7 Å². The standard InChI is InChI=1S/C31H31N5O6/c1-40-36(41-2)29-33-27-26(28(39)34-29)32-20-35(27)30(18-24(38)25(19-37)42-30)31(21-12-6-3-7-13-21,22-14-8-4-9-15-22)23-16-10-5-11-17-23/h3-17,20,24-25,37-38H,18-19H2,1-2H3,(H,33,34,39)/t24-,25+,30-/m0/s1. The molecule has 5 aromatic rings. The Balaban J connectivity index is 1.79. The average Bonchev–Trinajstić information content (AvgIpc) is 3.62. The third-order valence-electron chi connectivity index (χ3n) is 7.94. The van der Waals surface area contributed by atoms with Gasteiger partial charge in [-0.15, -0.1) is 0 Å². The van der Waals surface area contributed by atoms with Gasteiger partial charge in [0.15, 0.2) is 16.9 Å². The lowest BCUT2D eigenvalue weighted by Crippen LogP contribution is -2.55. The van der Waals surface area contributed by atoms with Gasteiger partial charge in [-0.25, -0.2) is 14.7 Å². The quantitative estimate of drug-likeness (QED) is 0.181. The summed E-state index contributed by atoms with van der Waals surface area (Å²) in [7, 11) is 2.75. The number of aliphatic hydroxyl groups is 2. The highest BCUT2D eigenvalue weighted by atomic mass is 16.9. The molecular formula is C31H31N5O6. The number of aromatic amines is 1. The molecule has 6 rings (SSSR count). The van der Waals surface area contributed by atoms with Crippen LogP contribution in [0.25, 0.3) is 11.2 Å². The Hall–Kier alpha value is -4.39. The number of fused-ring (bicyclic) bond motifs is 1. The number of hydrogen-bond donors (Lipinski definition) is 3. The van der Waals surface area contributed by atoms with Crippen LogP contribution in [0.4, 0.5) is 5.95 Å². The van der Waals surface area contributed by atoms with Crippen LogP contribution < -0.4 is 10.8 Å². The molecule has 0 unspecified atom stereocenters. The van der Waals surface area contributed by atoms with Crippen LogP contribution in [0.2, 0.25) is 0 Å². The molecule has 3 N–H and O–H groups in total. The highest BCUT2D eigenvalue weighted by Crippen LogP contribution is 2.57. The molecule has 1 aliphatic rings. The summed E-state index contributed by atoms with van der Waals surface area (Å²) in [5.74, 6) is -0.0172. The van der Waals surface area contributed by atoms with Crippen molar-refractivity contribution in [1.29, 1.82) is 0 Å². The average molecular weight is 570 g/mol. The zero-order valence-electron chi connectivity index (χ0n) is 23.1. The van der Waals surface area contributed by atoms with Crippen molar-refractivity contribution in [2.45, 2.75) is 29.8 Å². The molecule has 11 heteroatoms. The summed E-state index contributed by atoms with van der Waals surface area (Å²) in [5.41, 5.74) is -0.347. The first kappa shape index (κ1) is 27.8. The predicted molar refractivity (Wildman–Crippen MR) is 154 cm³/mol. The molecule has 1 fully saturated rings. The first-order valence-corrected chi connectivity index (χ1v) is 13.5. The number of H-pyrrole nitrogens is 1. The van der Waals surface area contributed by atoms with E-state index in [4.69, 9.17) is 19.4 Å². The van der Waals surface area contributed by atoms with Gasteiger partial charge in [-0.1, -0.05) is 96.2 Å². The topological polar surface area (TPSA) is 135 Å². The summed E-state index contributed by atoms with van der Waals surface area (Å²) < 4.78 is 8.57. The van der Waals surface area contributed by atoms with Gasteiger partial charge in [-0.05, 0) is 16.7 Å². The number of anilines is 1. The molecule has 0 bridgehead atoms. The Morgan fingerprint density at radius 1 is 0.976 bits per heavy atom. The van der Waals surface area contributed by atoms with Gasteiger partial charge in [0.1, 0.15) is 6.10 Å². The van der Waals surface area contributed by atoms with E-state index in [1.165, 1.54) is 20.5 Å². The second kappa shape index (κ2) is 11.1. The number of hydrogen-bond acceptors (Lipinski definition) is 9. The molecule has 0 saturated carbocycles. The summed E-state index contributed by atoms with van der Waals surface area (Å²) in [6.45, 7) is -0.426. The van der Waals surface area contributed by atoms with Crippen LogP contribution in [0.3, 0.4) is 0 Å². The summed E-state index contributed by atoms with van der Waals surface area (Å²) >= 11 is 0. The second-order valence-electron chi connectivity index (χ2n) is 10.0. The number of rotatable bonds is 9. The van der Waals surface area contributed by atoms with Gasteiger partial charge in [0, 0.05) is 6.42 Å². The van der Waals surface area contributed by atoms with E-state index in [1.54, 1.807) is 4.57 Å². The Morgan fingerprint density at radius 3 is 1.95 bits per heavy atom. The number of aromatic nitrogens is 4. The minimum atomic E-state index is -1.48. The Bertz CT molecular complexity index is 1610. The Labute approximate surface area is 241 Å². The van der Waals surface area contributed by atoms with Crippen LogP contribution in [-0.4, -0.2) is 62.8 Å². The van der Waals surface area contributed by atoms with Gasteiger partial charge in [0.2, 0.25) is 0 Å². The first-order valence-electron chi connectivity index (χ1n) is 13.5. The molecule has 0 radical (unpaired) electrons. The third kappa shape index (κ3) is 4.13. The molecule has 11 nitrogen and oxygen atoms in total. The van der Waals surface area contributed by atoms with Crippen LogP contribution in [0.1, 0.15) is 23.1 Å². The molecule has 0 amide bonds. The molecular weight excluding hydrogens is 538 g/mol. The van der Waals surface area contributed by atoms with Crippen molar-refractivity contribution in [3.63, 3.8) is 0 Å². The second-order valence-corrected chi connectivity index (χ2v) is 10.0. The summed E-state index contributed by atoms with van der Waals surface area (Å²) in [4.78, 5) is 35.5. The Kier molecular flexibility index (Phi) is 7.35. The largest absolute Gasteiger partial charge is 0.394 e. The molecule has 216 valence electrons. The van der Waals surface area contributed by atoms with E-state index in [0.717, 1.165) is 21.9 Å². The third-order valence-corrected chi connectivity index (χ3v) is 7.94. The predicted octanol–water partition coefficient (Wildman–Crippen LogP) is 2.88. The van der Waals surface area contributed by atoms with E-state index in [9.17, 15) is 15.0 Å². The molecule has 3 atom stereocenters. The van der Waals surface area contributed by atoms with Crippen LogP contribution in [0, 0.1) is 0 Å². The number of imidazole rings is 1. The van der Waals surface area contributed by atoms with Gasteiger partial charge in [-0.2, -0.15) is 4.98 Å². The minimum absolute atomic E-state index is 0.0172. The fraction of sp³-hybridized carbons (Fsp3) is 0.258. The minimum Gasteiger partial charge on any atom is -0.394 e. The van der Waals surface area contributed by atoms with E-state index in [-0.39, 0.29) is 23.5 Å². The van der Waals surface area contributed by atoms with Gasteiger partial charge in [-0.3, -0.25) is 14.3 Å².